The van der Waals surface area contributed by atoms with Gasteiger partial charge in [0.05, 0.1) is 41.3 Å². The van der Waals surface area contributed by atoms with E-state index < -0.39 is 5.97 Å². The molecule has 0 radical (unpaired) electrons. The van der Waals surface area contributed by atoms with Gasteiger partial charge in [0, 0.05) is 86.0 Å². The van der Waals surface area contributed by atoms with Gasteiger partial charge in [0.15, 0.2) is 6.10 Å². The molecule has 0 saturated heterocycles. The Morgan fingerprint density at radius 3 is 1.93 bits per heavy atom. The molecule has 3 heterocycles. The van der Waals surface area contributed by atoms with E-state index >= 15 is 0 Å². The Morgan fingerprint density at radius 1 is 0.772 bits per heavy atom. The average Bonchev–Trinajstić information content (AvgIpc) is 3.50. The van der Waals surface area contributed by atoms with Crippen molar-refractivity contribution in [3.8, 4) is 0 Å². The molecule has 2 aliphatic heterocycles. The number of hydrogen-bond acceptors (Lipinski definition) is 5. The van der Waals surface area contributed by atoms with Crippen molar-refractivity contribution in [1.29, 1.82) is 0 Å². The third-order valence-corrected chi connectivity index (χ3v) is 12.6. The Hall–Kier alpha value is -4.54. The Bertz CT molecular complexity index is 2110. The first-order valence-electron chi connectivity index (χ1n) is 20.7. The molecule has 2 aliphatic rings. The molecule has 302 valence electrons. The lowest BCUT2D eigenvalue weighted by Gasteiger charge is -2.38. The van der Waals surface area contributed by atoms with E-state index in [2.05, 4.69) is 166 Å². The number of carbonyl (C=O) groups is 1. The third-order valence-electron chi connectivity index (χ3n) is 11.4. The zero-order chi connectivity index (χ0) is 40.4. The van der Waals surface area contributed by atoms with Crippen LogP contribution in [0.3, 0.4) is 0 Å². The predicted octanol–water partition coefficient (Wildman–Crippen LogP) is 9.00. The van der Waals surface area contributed by atoms with Gasteiger partial charge in [-0.1, -0.05) is 72.4 Å². The lowest BCUT2D eigenvalue weighted by molar-refractivity contribution is -0.914. The van der Waals surface area contributed by atoms with Crippen molar-refractivity contribution in [3.63, 3.8) is 0 Å². The molecule has 1 N–H and O–H groups in total. The number of nitrogens with zero attached hydrogens (tertiary/aromatic N) is 5. The lowest BCUT2D eigenvalue weighted by Crippen LogP contribution is -2.54. The molecule has 0 bridgehead atoms. The molecule has 4 aromatic rings. The Balaban J connectivity index is 1.06. The minimum Gasteiger partial charge on any atom is -0.481 e. The third kappa shape index (κ3) is 11.3. The van der Waals surface area contributed by atoms with Gasteiger partial charge >= 0.3 is 5.97 Å². The second kappa shape index (κ2) is 19.3. The summed E-state index contributed by atoms with van der Waals surface area (Å²) < 4.78 is 12.0. The normalized spacial score (nSPS) is 16.1. The van der Waals surface area contributed by atoms with Gasteiger partial charge in [-0.25, -0.2) is 0 Å². The number of hydrogen-bond donors (Lipinski definition) is 1. The molecule has 0 spiro atoms. The quantitative estimate of drug-likeness (QED) is 0.0551. The monoisotopic (exact) mass is 790 g/mol. The van der Waals surface area contributed by atoms with Gasteiger partial charge in [0.2, 0.25) is 5.52 Å². The van der Waals surface area contributed by atoms with E-state index in [4.69, 9.17) is 9.84 Å². The number of anilines is 2. The fraction of sp³-hybridized carbons (Fsp3) is 0.417. The van der Waals surface area contributed by atoms with Crippen molar-refractivity contribution < 1.29 is 28.2 Å². The van der Waals surface area contributed by atoms with Crippen LogP contribution < -0.4 is 14.4 Å². The number of aromatic nitrogens is 1. The van der Waals surface area contributed by atoms with Gasteiger partial charge in [-0.2, -0.15) is 4.57 Å². The van der Waals surface area contributed by atoms with E-state index in [0.29, 0.717) is 13.0 Å². The summed E-state index contributed by atoms with van der Waals surface area (Å²) in [5.41, 5.74) is 8.88. The highest BCUT2D eigenvalue weighted by atomic mass is 32.1. The molecular weight excluding hydrogens is 727 g/mol. The molecular formula is C48H64N5O3S+3. The first-order valence-corrected chi connectivity index (χ1v) is 21.6. The molecule has 1 atom stereocenters. The predicted molar refractivity (Wildman–Crippen MR) is 239 cm³/mol. The SMILES string of the molecule is C/C=C1\C=CN(CCC[N+](C)(C)CC(C[N+](C)(C)CCCN2C=C/C(=C\c3sc4ccccc4[n+]3C)c3ccccc32)OCCCCCC(=O)O)c2ccccc21. The molecule has 57 heavy (non-hydrogen) atoms. The number of allylic oxidation sites excluding steroid dienone is 5. The van der Waals surface area contributed by atoms with E-state index in [1.807, 2.05) is 11.3 Å². The van der Waals surface area contributed by atoms with Crippen LogP contribution in [0.1, 0.15) is 61.6 Å². The van der Waals surface area contributed by atoms with Gasteiger partial charge in [0.25, 0.3) is 5.01 Å². The highest BCUT2D eigenvalue weighted by molar-refractivity contribution is 7.18. The number of unbranched alkanes of at least 4 members (excludes halogenated alkanes) is 2. The highest BCUT2D eigenvalue weighted by Crippen LogP contribution is 2.35. The van der Waals surface area contributed by atoms with Crippen LogP contribution >= 0.6 is 11.3 Å². The topological polar surface area (TPSA) is 56.9 Å². The van der Waals surface area contributed by atoms with Crippen LogP contribution in [0.4, 0.5) is 11.4 Å². The average molecular weight is 791 g/mol. The van der Waals surface area contributed by atoms with Crippen LogP contribution in [-0.4, -0.2) is 100 Å². The molecule has 8 nitrogen and oxygen atoms in total. The molecule has 0 fully saturated rings. The summed E-state index contributed by atoms with van der Waals surface area (Å²) in [6.07, 6.45) is 18.4. The van der Waals surface area contributed by atoms with Crippen molar-refractivity contribution in [2.75, 3.05) is 83.9 Å². The van der Waals surface area contributed by atoms with Crippen molar-refractivity contribution in [3.05, 3.63) is 120 Å². The first kappa shape index (κ1) is 42.1. The molecule has 3 aromatic carbocycles. The molecule has 1 aromatic heterocycles. The molecule has 0 aliphatic carbocycles. The number of benzene rings is 3. The standard InChI is InChI=1S/C48H63N5O3S/c1-7-38-26-30-50(43-21-12-10-19-41(38)43)28-17-32-52(3,4)36-40(56-34-16-8-9-25-48(54)55)37-53(5,6)33-18-29-51-31-27-39(42-20-11-13-22-44(42)51)35-47-49(2)45-23-14-15-24-46(45)57-47/h7,10-15,19-24,26-27,30-31,35,40H,8-9,16-18,25,28-29,32-34,36-37H2,1-6H3/q+2/p+1/b38-7+. The smallest absolute Gasteiger partial charge is 0.303 e. The van der Waals surface area contributed by atoms with E-state index in [1.54, 1.807) is 0 Å². The first-order chi connectivity index (χ1) is 27.4. The number of rotatable bonds is 20. The van der Waals surface area contributed by atoms with Crippen LogP contribution in [0.15, 0.2) is 103 Å². The van der Waals surface area contributed by atoms with E-state index in [1.165, 1.54) is 48.9 Å². The number of thiazole rings is 1. The van der Waals surface area contributed by atoms with Crippen LogP contribution in [0.25, 0.3) is 27.4 Å². The van der Waals surface area contributed by atoms with Crippen molar-refractivity contribution in [1.82, 2.24) is 0 Å². The second-order valence-electron chi connectivity index (χ2n) is 17.0. The number of para-hydroxylation sites is 3. The van der Waals surface area contributed by atoms with Crippen molar-refractivity contribution in [2.45, 2.75) is 51.6 Å². The number of carboxylic acids is 1. The zero-order valence-corrected chi connectivity index (χ0v) is 35.9. The lowest BCUT2D eigenvalue weighted by atomic mass is 9.99. The zero-order valence-electron chi connectivity index (χ0n) is 35.1. The van der Waals surface area contributed by atoms with E-state index in [0.717, 1.165) is 73.9 Å². The highest BCUT2D eigenvalue weighted by Gasteiger charge is 2.30. The van der Waals surface area contributed by atoms with Gasteiger partial charge in [-0.15, -0.1) is 0 Å². The minimum atomic E-state index is -0.723. The second-order valence-corrected chi connectivity index (χ2v) is 18.0. The fourth-order valence-electron chi connectivity index (χ4n) is 8.36. The number of carboxylic acid groups (broad SMARTS) is 1. The van der Waals surface area contributed by atoms with Crippen LogP contribution in [0.2, 0.25) is 0 Å². The van der Waals surface area contributed by atoms with E-state index in [9.17, 15) is 4.79 Å². The van der Waals surface area contributed by atoms with Gasteiger partial charge < -0.3 is 28.6 Å². The van der Waals surface area contributed by atoms with Gasteiger partial charge in [0.1, 0.15) is 24.8 Å². The van der Waals surface area contributed by atoms with Crippen molar-refractivity contribution in [2.24, 2.45) is 7.05 Å². The van der Waals surface area contributed by atoms with Crippen molar-refractivity contribution >= 4 is 56.1 Å². The molecule has 0 amide bonds. The largest absolute Gasteiger partial charge is 0.481 e. The summed E-state index contributed by atoms with van der Waals surface area (Å²) in [7, 11) is 11.5. The Morgan fingerprint density at radius 2 is 1.33 bits per heavy atom. The number of aliphatic carboxylic acids is 1. The molecule has 9 heteroatoms. The fourth-order valence-corrected chi connectivity index (χ4v) is 9.46. The molecule has 1 unspecified atom stereocenters. The Labute approximate surface area is 345 Å². The maximum atomic E-state index is 11.0. The summed E-state index contributed by atoms with van der Waals surface area (Å²) in [5, 5.41) is 10.3. The Kier molecular flexibility index (Phi) is 14.2. The number of fused-ring (bicyclic) bond motifs is 3. The summed E-state index contributed by atoms with van der Waals surface area (Å²) in [5.74, 6) is -0.723. The summed E-state index contributed by atoms with van der Waals surface area (Å²) >= 11 is 1.83. The molecule has 6 rings (SSSR count). The number of likely N-dealkylation sites (N-methyl/N-ethyl adjacent to an activating group) is 2. The van der Waals surface area contributed by atoms with Crippen LogP contribution in [0.5, 0.6) is 0 Å². The van der Waals surface area contributed by atoms with Gasteiger partial charge in [-0.05, 0) is 61.3 Å². The summed E-state index contributed by atoms with van der Waals surface area (Å²) in [4.78, 5) is 15.9. The van der Waals surface area contributed by atoms with Crippen LogP contribution in [-0.2, 0) is 16.6 Å². The molecule has 0 saturated carbocycles. The minimum absolute atomic E-state index is 0.0980. The number of aryl methyl sites for hydroxylation is 1. The maximum absolute atomic E-state index is 11.0. The summed E-state index contributed by atoms with van der Waals surface area (Å²) in [6.45, 7) is 8.63. The van der Waals surface area contributed by atoms with Crippen LogP contribution in [0, 0.1) is 0 Å². The number of ether oxygens (including phenoxy) is 1. The van der Waals surface area contributed by atoms with Gasteiger partial charge in [-0.3, -0.25) is 4.79 Å². The summed E-state index contributed by atoms with van der Waals surface area (Å²) in [6, 6.07) is 26.1. The van der Waals surface area contributed by atoms with E-state index in [-0.39, 0.29) is 12.5 Å². The number of quaternary nitrogens is 2. The maximum Gasteiger partial charge on any atom is 0.303 e.